The van der Waals surface area contributed by atoms with E-state index >= 15 is 0 Å². The third kappa shape index (κ3) is 5.95. The van der Waals surface area contributed by atoms with Gasteiger partial charge < -0.3 is 9.47 Å². The number of aromatic nitrogens is 2. The molecule has 1 atom stereocenters. The van der Waals surface area contributed by atoms with Gasteiger partial charge in [-0.1, -0.05) is 54.1 Å². The Morgan fingerprint density at radius 3 is 2.81 bits per heavy atom. The lowest BCUT2D eigenvalue weighted by atomic mass is 9.97. The molecule has 0 N–H and O–H groups in total. The number of piperidine rings is 1. The molecule has 1 aromatic carbocycles. The third-order valence-electron chi connectivity index (χ3n) is 6.33. The first-order chi connectivity index (χ1) is 15.1. The molecule has 1 fully saturated rings. The monoisotopic (exact) mass is 457 g/mol. The summed E-state index contributed by atoms with van der Waals surface area (Å²) < 4.78 is 2.29. The lowest BCUT2D eigenvalue weighted by molar-refractivity contribution is -0.130. The van der Waals surface area contributed by atoms with Crippen LogP contribution < -0.4 is 0 Å². The highest BCUT2D eigenvalue weighted by atomic mass is 35.5. The maximum absolute atomic E-state index is 12.8. The second kappa shape index (κ2) is 10.7. The van der Waals surface area contributed by atoms with Crippen molar-refractivity contribution in [2.45, 2.75) is 63.6 Å². The average Bonchev–Trinajstić information content (AvgIpc) is 3.20. The van der Waals surface area contributed by atoms with Crippen LogP contribution in [0.2, 0.25) is 5.02 Å². The highest BCUT2D eigenvalue weighted by molar-refractivity contribution is 7.99. The number of carbonyl (C=O) groups is 1. The van der Waals surface area contributed by atoms with E-state index < -0.39 is 0 Å². The molecule has 4 rings (SSSR count). The zero-order valence-electron chi connectivity index (χ0n) is 18.4. The van der Waals surface area contributed by atoms with Crippen molar-refractivity contribution in [3.63, 3.8) is 0 Å². The molecular formula is C25H32ClN3OS. The Kier molecular flexibility index (Phi) is 7.78. The predicted octanol–water partition coefficient (Wildman–Crippen LogP) is 6.44. The maximum Gasteiger partial charge on any atom is 0.233 e. The molecule has 31 heavy (non-hydrogen) atoms. The number of thioether (sulfide) groups is 1. The molecule has 1 unspecified atom stereocenters. The number of halogens is 1. The molecule has 0 radical (unpaired) electrons. The molecule has 0 spiro atoms. The van der Waals surface area contributed by atoms with E-state index in [1.165, 1.54) is 32.1 Å². The first-order valence-electron chi connectivity index (χ1n) is 11.5. The van der Waals surface area contributed by atoms with Crippen molar-refractivity contribution in [3.05, 3.63) is 47.1 Å². The smallest absolute Gasteiger partial charge is 0.233 e. The number of allylic oxidation sites excluding steroid dienone is 2. The van der Waals surface area contributed by atoms with Crippen molar-refractivity contribution in [3.8, 4) is 11.3 Å². The van der Waals surface area contributed by atoms with Gasteiger partial charge in [-0.15, -0.1) is 0 Å². The fraction of sp³-hybridized carbons (Fsp3) is 0.520. The van der Waals surface area contributed by atoms with Gasteiger partial charge in [-0.3, -0.25) is 4.79 Å². The summed E-state index contributed by atoms with van der Waals surface area (Å²) in [6.45, 7) is 4.90. The van der Waals surface area contributed by atoms with Crippen molar-refractivity contribution >= 4 is 29.3 Å². The summed E-state index contributed by atoms with van der Waals surface area (Å²) in [6, 6.07) is 7.94. The predicted molar refractivity (Wildman–Crippen MR) is 130 cm³/mol. The molecule has 1 aliphatic carbocycles. The second-order valence-corrected chi connectivity index (χ2v) is 10.2. The number of imidazole rings is 1. The summed E-state index contributed by atoms with van der Waals surface area (Å²) in [5, 5.41) is 1.66. The highest BCUT2D eigenvalue weighted by Crippen LogP contribution is 2.30. The standard InChI is InChI=1S/C25H32ClN3OS/c1-19-6-5-14-28(17-19)24(30)18-31-25-27-16-23(21-9-11-22(26)12-10-21)29(25)15-13-20-7-3-2-4-8-20/h7,9-12,16,19H,2-6,8,13-15,17-18H2,1H3. The van der Waals surface area contributed by atoms with E-state index in [4.69, 9.17) is 16.6 Å². The zero-order chi connectivity index (χ0) is 21.6. The van der Waals surface area contributed by atoms with Gasteiger partial charge in [0.2, 0.25) is 5.91 Å². The number of benzene rings is 1. The van der Waals surface area contributed by atoms with Gasteiger partial charge in [-0.2, -0.15) is 0 Å². The summed E-state index contributed by atoms with van der Waals surface area (Å²) in [5.41, 5.74) is 3.75. The van der Waals surface area contributed by atoms with E-state index in [0.29, 0.717) is 11.7 Å². The number of likely N-dealkylation sites (tertiary alicyclic amines) is 1. The minimum Gasteiger partial charge on any atom is -0.342 e. The van der Waals surface area contributed by atoms with Crippen LogP contribution in [0.4, 0.5) is 0 Å². The molecule has 6 heteroatoms. The fourth-order valence-electron chi connectivity index (χ4n) is 4.56. The van der Waals surface area contributed by atoms with E-state index in [2.05, 4.69) is 17.6 Å². The number of rotatable bonds is 7. The normalized spacial score (nSPS) is 19.4. The van der Waals surface area contributed by atoms with E-state index in [9.17, 15) is 4.79 Å². The van der Waals surface area contributed by atoms with Crippen LogP contribution in [0.3, 0.4) is 0 Å². The molecule has 1 aromatic heterocycles. The van der Waals surface area contributed by atoms with Crippen LogP contribution >= 0.6 is 23.4 Å². The summed E-state index contributed by atoms with van der Waals surface area (Å²) in [6.07, 6.45) is 12.7. The van der Waals surface area contributed by atoms with Gasteiger partial charge in [0.1, 0.15) is 0 Å². The second-order valence-electron chi connectivity index (χ2n) is 8.82. The molecule has 0 bridgehead atoms. The van der Waals surface area contributed by atoms with Crippen LogP contribution in [0.1, 0.15) is 51.9 Å². The third-order valence-corrected chi connectivity index (χ3v) is 7.56. The van der Waals surface area contributed by atoms with Crippen LogP contribution in [0.5, 0.6) is 0 Å². The van der Waals surface area contributed by atoms with Crippen molar-refractivity contribution in [2.24, 2.45) is 5.92 Å². The largest absolute Gasteiger partial charge is 0.342 e. The van der Waals surface area contributed by atoms with Gasteiger partial charge in [0.25, 0.3) is 0 Å². The Morgan fingerprint density at radius 2 is 2.06 bits per heavy atom. The van der Waals surface area contributed by atoms with Crippen LogP contribution in [0.15, 0.2) is 47.3 Å². The SMILES string of the molecule is CC1CCCN(C(=O)CSc2ncc(-c3ccc(Cl)cc3)n2CCC2=CCCCC2)C1. The number of amides is 1. The van der Waals surface area contributed by atoms with Gasteiger partial charge in [-0.05, 0) is 68.6 Å². The van der Waals surface area contributed by atoms with Gasteiger partial charge in [0.15, 0.2) is 5.16 Å². The van der Waals surface area contributed by atoms with Crippen molar-refractivity contribution in [2.75, 3.05) is 18.8 Å². The molecular weight excluding hydrogens is 426 g/mol. The summed E-state index contributed by atoms with van der Waals surface area (Å²) in [5.74, 6) is 1.28. The molecule has 2 heterocycles. The Morgan fingerprint density at radius 1 is 1.23 bits per heavy atom. The topological polar surface area (TPSA) is 38.1 Å². The van der Waals surface area contributed by atoms with Gasteiger partial charge in [0.05, 0.1) is 17.6 Å². The van der Waals surface area contributed by atoms with Crippen LogP contribution in [0.25, 0.3) is 11.3 Å². The minimum absolute atomic E-state index is 0.231. The van der Waals surface area contributed by atoms with E-state index in [1.54, 1.807) is 17.3 Å². The number of carbonyl (C=O) groups excluding carboxylic acids is 1. The quantitative estimate of drug-likeness (QED) is 0.354. The number of nitrogens with zero attached hydrogens (tertiary/aromatic N) is 3. The number of hydrogen-bond acceptors (Lipinski definition) is 3. The average molecular weight is 458 g/mol. The molecule has 2 aliphatic rings. The van der Waals surface area contributed by atoms with Crippen LogP contribution in [-0.4, -0.2) is 39.2 Å². The van der Waals surface area contributed by atoms with Gasteiger partial charge >= 0.3 is 0 Å². The van der Waals surface area contributed by atoms with Gasteiger partial charge in [-0.25, -0.2) is 4.98 Å². The van der Waals surface area contributed by atoms with Gasteiger partial charge in [0, 0.05) is 24.7 Å². The van der Waals surface area contributed by atoms with Crippen LogP contribution in [0, 0.1) is 5.92 Å². The van der Waals surface area contributed by atoms with Crippen molar-refractivity contribution in [1.29, 1.82) is 0 Å². The summed E-state index contributed by atoms with van der Waals surface area (Å²) in [4.78, 5) is 19.5. The van der Waals surface area contributed by atoms with E-state index in [-0.39, 0.29) is 5.91 Å². The van der Waals surface area contributed by atoms with E-state index in [1.807, 2.05) is 35.4 Å². The molecule has 166 valence electrons. The summed E-state index contributed by atoms with van der Waals surface area (Å²) >= 11 is 7.67. The lowest BCUT2D eigenvalue weighted by Crippen LogP contribution is -2.40. The molecule has 1 aliphatic heterocycles. The molecule has 1 saturated heterocycles. The maximum atomic E-state index is 12.8. The minimum atomic E-state index is 0.231. The number of hydrogen-bond donors (Lipinski definition) is 0. The Hall–Kier alpha value is -1.72. The molecule has 0 saturated carbocycles. The highest BCUT2D eigenvalue weighted by Gasteiger charge is 2.22. The first kappa shape index (κ1) is 22.5. The fourth-order valence-corrected chi connectivity index (χ4v) is 5.60. The first-order valence-corrected chi connectivity index (χ1v) is 12.9. The Labute approximate surface area is 195 Å². The molecule has 4 nitrogen and oxygen atoms in total. The van der Waals surface area contributed by atoms with Crippen molar-refractivity contribution in [1.82, 2.24) is 14.5 Å². The van der Waals surface area contributed by atoms with Crippen molar-refractivity contribution < 1.29 is 4.79 Å². The molecule has 2 aromatic rings. The lowest BCUT2D eigenvalue weighted by Gasteiger charge is -2.30. The summed E-state index contributed by atoms with van der Waals surface area (Å²) in [7, 11) is 0. The van der Waals surface area contributed by atoms with E-state index in [0.717, 1.165) is 53.9 Å². The Bertz CT molecular complexity index is 921. The zero-order valence-corrected chi connectivity index (χ0v) is 19.9. The van der Waals surface area contributed by atoms with Crippen LogP contribution in [-0.2, 0) is 11.3 Å². The molecule has 1 amide bonds. The Balaban J connectivity index is 1.49.